The van der Waals surface area contributed by atoms with Crippen molar-refractivity contribution in [2.75, 3.05) is 13.1 Å². The van der Waals surface area contributed by atoms with E-state index < -0.39 is 35.8 Å². The Morgan fingerprint density at radius 1 is 1.32 bits per heavy atom. The van der Waals surface area contributed by atoms with Gasteiger partial charge in [0.15, 0.2) is 6.10 Å². The molecule has 0 radical (unpaired) electrons. The maximum absolute atomic E-state index is 13.1. The van der Waals surface area contributed by atoms with Crippen LogP contribution in [0.3, 0.4) is 0 Å². The third-order valence-corrected chi connectivity index (χ3v) is 4.17. The standard InChI is InChI=1S/C17H20F3NO4/c1-10(12-5-3-4-6-13(12)17(18,19)20)7-15(22)21-8-11(2)25-14(9-21)16(23)24/h3-6,10-11,14H,7-9H2,1-2H3,(H,23,24)/t10?,11-,14?/m1/s1. The molecule has 0 aromatic heterocycles. The lowest BCUT2D eigenvalue weighted by atomic mass is 9.92. The van der Waals surface area contributed by atoms with E-state index in [1.165, 1.54) is 23.1 Å². The molecule has 2 unspecified atom stereocenters. The molecule has 3 atom stereocenters. The summed E-state index contributed by atoms with van der Waals surface area (Å²) in [4.78, 5) is 24.9. The molecule has 8 heteroatoms. The fraction of sp³-hybridized carbons (Fsp3) is 0.529. The Hall–Kier alpha value is -2.09. The van der Waals surface area contributed by atoms with Crippen LogP contribution in [0.4, 0.5) is 13.2 Å². The second kappa shape index (κ2) is 7.43. The van der Waals surface area contributed by atoms with Crippen LogP contribution in [0.15, 0.2) is 24.3 Å². The maximum atomic E-state index is 13.1. The second-order valence-electron chi connectivity index (χ2n) is 6.26. The van der Waals surface area contributed by atoms with E-state index in [-0.39, 0.29) is 31.0 Å². The van der Waals surface area contributed by atoms with Gasteiger partial charge in [-0.2, -0.15) is 13.2 Å². The lowest BCUT2D eigenvalue weighted by molar-refractivity contribution is -0.166. The van der Waals surface area contributed by atoms with Gasteiger partial charge in [0.25, 0.3) is 0 Å². The second-order valence-corrected chi connectivity index (χ2v) is 6.26. The minimum atomic E-state index is -4.49. The topological polar surface area (TPSA) is 66.8 Å². The Morgan fingerprint density at radius 3 is 2.56 bits per heavy atom. The average Bonchev–Trinajstić information content (AvgIpc) is 2.53. The van der Waals surface area contributed by atoms with Crippen LogP contribution in [0, 0.1) is 0 Å². The van der Waals surface area contributed by atoms with Crippen molar-refractivity contribution in [2.45, 2.75) is 44.6 Å². The number of hydrogen-bond acceptors (Lipinski definition) is 3. The highest BCUT2D eigenvalue weighted by Gasteiger charge is 2.36. The fourth-order valence-electron chi connectivity index (χ4n) is 2.98. The van der Waals surface area contributed by atoms with Gasteiger partial charge in [0.05, 0.1) is 18.2 Å². The minimum absolute atomic E-state index is 0.0550. The average molecular weight is 359 g/mol. The van der Waals surface area contributed by atoms with Crippen molar-refractivity contribution in [2.24, 2.45) is 0 Å². The number of halogens is 3. The monoisotopic (exact) mass is 359 g/mol. The van der Waals surface area contributed by atoms with E-state index in [1.807, 2.05) is 0 Å². The van der Waals surface area contributed by atoms with Crippen LogP contribution < -0.4 is 0 Å². The normalized spacial score (nSPS) is 22.5. The summed E-state index contributed by atoms with van der Waals surface area (Å²) in [6.07, 6.45) is -6.19. The molecule has 1 aromatic carbocycles. The molecule has 0 saturated carbocycles. The van der Waals surface area contributed by atoms with E-state index >= 15 is 0 Å². The molecule has 1 aliphatic rings. The fourth-order valence-corrected chi connectivity index (χ4v) is 2.98. The van der Waals surface area contributed by atoms with Crippen molar-refractivity contribution in [3.05, 3.63) is 35.4 Å². The van der Waals surface area contributed by atoms with Crippen LogP contribution in [0.25, 0.3) is 0 Å². The molecule has 138 valence electrons. The Bertz CT molecular complexity index is 647. The van der Waals surface area contributed by atoms with Gasteiger partial charge in [-0.1, -0.05) is 25.1 Å². The zero-order valence-electron chi connectivity index (χ0n) is 13.9. The summed E-state index contributed by atoms with van der Waals surface area (Å²) in [5.41, 5.74) is -0.700. The molecule has 1 N–H and O–H groups in total. The number of carboxylic acid groups (broad SMARTS) is 1. The van der Waals surface area contributed by atoms with E-state index in [2.05, 4.69) is 0 Å². The van der Waals surface area contributed by atoms with Gasteiger partial charge in [-0.3, -0.25) is 4.79 Å². The van der Waals surface area contributed by atoms with Crippen LogP contribution in [0.1, 0.15) is 37.3 Å². The van der Waals surface area contributed by atoms with Crippen LogP contribution in [0.2, 0.25) is 0 Å². The molecular formula is C17H20F3NO4. The SMILES string of the molecule is CC(CC(=O)N1CC(C(=O)O)O[C@H](C)C1)c1ccccc1C(F)(F)F. The first kappa shape index (κ1) is 19.2. The van der Waals surface area contributed by atoms with Gasteiger partial charge < -0.3 is 14.7 Å². The molecule has 1 amide bonds. The number of alkyl halides is 3. The van der Waals surface area contributed by atoms with Gasteiger partial charge in [0.1, 0.15) is 0 Å². The number of rotatable bonds is 4. The summed E-state index contributed by atoms with van der Waals surface area (Å²) in [6, 6.07) is 5.17. The van der Waals surface area contributed by atoms with Gasteiger partial charge in [-0.25, -0.2) is 4.79 Å². The van der Waals surface area contributed by atoms with Crippen molar-refractivity contribution in [1.82, 2.24) is 4.90 Å². The van der Waals surface area contributed by atoms with Crippen molar-refractivity contribution >= 4 is 11.9 Å². The highest BCUT2D eigenvalue weighted by molar-refractivity contribution is 5.79. The molecule has 1 fully saturated rings. The zero-order valence-corrected chi connectivity index (χ0v) is 13.9. The van der Waals surface area contributed by atoms with Crippen LogP contribution in [0.5, 0.6) is 0 Å². The predicted octanol–water partition coefficient (Wildman–Crippen LogP) is 2.90. The zero-order chi connectivity index (χ0) is 18.8. The van der Waals surface area contributed by atoms with Crippen LogP contribution in [-0.2, 0) is 20.5 Å². The summed E-state index contributed by atoms with van der Waals surface area (Å²) >= 11 is 0. The first-order chi connectivity index (χ1) is 11.6. The number of benzene rings is 1. The highest BCUT2D eigenvalue weighted by Crippen LogP contribution is 2.36. The van der Waals surface area contributed by atoms with Crippen molar-refractivity contribution in [1.29, 1.82) is 0 Å². The lowest BCUT2D eigenvalue weighted by Crippen LogP contribution is -2.51. The summed E-state index contributed by atoms with van der Waals surface area (Å²) in [5.74, 6) is -2.20. The molecular weight excluding hydrogens is 339 g/mol. The largest absolute Gasteiger partial charge is 0.479 e. The molecule has 0 spiro atoms. The van der Waals surface area contributed by atoms with E-state index in [4.69, 9.17) is 9.84 Å². The number of hydrogen-bond donors (Lipinski definition) is 1. The smallest absolute Gasteiger partial charge is 0.416 e. The molecule has 1 heterocycles. The molecule has 0 aliphatic carbocycles. The van der Waals surface area contributed by atoms with Crippen LogP contribution >= 0.6 is 0 Å². The summed E-state index contributed by atoms with van der Waals surface area (Å²) < 4.78 is 44.6. The number of amides is 1. The highest BCUT2D eigenvalue weighted by atomic mass is 19.4. The Kier molecular flexibility index (Phi) is 5.72. The Labute approximate surface area is 143 Å². The molecule has 5 nitrogen and oxygen atoms in total. The number of ether oxygens (including phenoxy) is 1. The van der Waals surface area contributed by atoms with Crippen molar-refractivity contribution in [3.63, 3.8) is 0 Å². The number of carbonyl (C=O) groups excluding carboxylic acids is 1. The molecule has 1 aromatic rings. The summed E-state index contributed by atoms with van der Waals surface area (Å²) in [6.45, 7) is 3.32. The molecule has 1 saturated heterocycles. The quantitative estimate of drug-likeness (QED) is 0.898. The number of carbonyl (C=O) groups is 2. The van der Waals surface area contributed by atoms with E-state index in [9.17, 15) is 22.8 Å². The van der Waals surface area contributed by atoms with E-state index in [0.29, 0.717) is 0 Å². The molecule has 0 bridgehead atoms. The summed E-state index contributed by atoms with van der Waals surface area (Å²) in [5, 5.41) is 9.05. The van der Waals surface area contributed by atoms with Gasteiger partial charge in [0, 0.05) is 13.0 Å². The van der Waals surface area contributed by atoms with Gasteiger partial charge in [0.2, 0.25) is 5.91 Å². The minimum Gasteiger partial charge on any atom is -0.479 e. The number of nitrogens with zero attached hydrogens (tertiary/aromatic N) is 1. The van der Waals surface area contributed by atoms with E-state index in [0.717, 1.165) is 6.07 Å². The van der Waals surface area contributed by atoms with Crippen molar-refractivity contribution < 1.29 is 32.6 Å². The van der Waals surface area contributed by atoms with Gasteiger partial charge in [-0.05, 0) is 24.5 Å². The van der Waals surface area contributed by atoms with Crippen LogP contribution in [-0.4, -0.2) is 47.2 Å². The first-order valence-corrected chi connectivity index (χ1v) is 7.91. The number of carboxylic acids is 1. The summed E-state index contributed by atoms with van der Waals surface area (Å²) in [7, 11) is 0. The Balaban J connectivity index is 2.12. The third kappa shape index (κ3) is 4.72. The van der Waals surface area contributed by atoms with Gasteiger partial charge in [-0.15, -0.1) is 0 Å². The Morgan fingerprint density at radius 2 is 1.96 bits per heavy atom. The number of aliphatic carboxylic acids is 1. The first-order valence-electron chi connectivity index (χ1n) is 7.91. The third-order valence-electron chi connectivity index (χ3n) is 4.17. The van der Waals surface area contributed by atoms with E-state index in [1.54, 1.807) is 13.8 Å². The molecule has 1 aliphatic heterocycles. The maximum Gasteiger partial charge on any atom is 0.416 e. The van der Waals surface area contributed by atoms with Gasteiger partial charge >= 0.3 is 12.1 Å². The van der Waals surface area contributed by atoms with Crippen molar-refractivity contribution in [3.8, 4) is 0 Å². The predicted molar refractivity (Wildman–Crippen MR) is 83.0 cm³/mol. The number of morpholine rings is 1. The molecule has 25 heavy (non-hydrogen) atoms. The molecule has 2 rings (SSSR count). The lowest BCUT2D eigenvalue weighted by Gasteiger charge is -2.35.